The lowest BCUT2D eigenvalue weighted by Crippen LogP contribution is -2.50. The lowest BCUT2D eigenvalue weighted by atomic mass is 9.91. The molecule has 3 N–H and O–H groups in total. The molecule has 0 radical (unpaired) electrons. The first-order valence-electron chi connectivity index (χ1n) is 9.64. The Morgan fingerprint density at radius 1 is 1.24 bits per heavy atom. The van der Waals surface area contributed by atoms with Crippen LogP contribution in [0.1, 0.15) is 42.7 Å². The van der Waals surface area contributed by atoms with Crippen LogP contribution in [-0.4, -0.2) is 35.4 Å². The highest BCUT2D eigenvalue weighted by Gasteiger charge is 2.31. The minimum atomic E-state index is -1.01. The maximum Gasteiger partial charge on any atom is 0.244 e. The second kappa shape index (κ2) is 11.0. The minimum Gasteiger partial charge on any atom is -0.444 e. The van der Waals surface area contributed by atoms with Gasteiger partial charge in [0.05, 0.1) is 12.2 Å². The van der Waals surface area contributed by atoms with Gasteiger partial charge in [-0.05, 0) is 58.2 Å². The summed E-state index contributed by atoms with van der Waals surface area (Å²) in [5.41, 5.74) is 7.06. The van der Waals surface area contributed by atoms with E-state index in [9.17, 15) is 4.79 Å². The van der Waals surface area contributed by atoms with Gasteiger partial charge in [-0.25, -0.2) is 4.98 Å². The first-order valence-corrected chi connectivity index (χ1v) is 9.64. The number of nitrogens with two attached hydrogens (primary N) is 1. The molecule has 3 rings (SSSR count). The van der Waals surface area contributed by atoms with Gasteiger partial charge in [0.25, 0.3) is 0 Å². The molecule has 1 aliphatic heterocycles. The van der Waals surface area contributed by atoms with Crippen LogP contribution >= 0.6 is 24.8 Å². The van der Waals surface area contributed by atoms with Gasteiger partial charge < -0.3 is 15.5 Å². The summed E-state index contributed by atoms with van der Waals surface area (Å²) >= 11 is 0. The van der Waals surface area contributed by atoms with Crippen LogP contribution in [-0.2, 0) is 16.9 Å². The number of carbonyl (C=O) groups is 1. The standard InChI is InChI=1S/C21H30N4O2.2ClH/c1-15-16(2)27-19(24-15)14-25-11-9-17(10-12-25)13-23-20(26)21(3,22)18-7-5-4-6-8-18;;/h4-8,17H,9-14,22H2,1-3H3,(H,23,26);2*1H. The Hall–Kier alpha value is -1.60. The predicted molar refractivity (Wildman–Crippen MR) is 119 cm³/mol. The molecule has 6 nitrogen and oxygen atoms in total. The Morgan fingerprint density at radius 3 is 2.41 bits per heavy atom. The van der Waals surface area contributed by atoms with E-state index in [1.165, 1.54) is 0 Å². The molecule has 29 heavy (non-hydrogen) atoms. The number of aryl methyl sites for hydroxylation is 2. The molecule has 1 unspecified atom stereocenters. The molecular formula is C21H32Cl2N4O2. The largest absolute Gasteiger partial charge is 0.444 e. The number of likely N-dealkylation sites (tertiary alicyclic amines) is 1. The number of rotatable bonds is 6. The Morgan fingerprint density at radius 2 is 1.86 bits per heavy atom. The van der Waals surface area contributed by atoms with Crippen molar-refractivity contribution < 1.29 is 9.21 Å². The monoisotopic (exact) mass is 442 g/mol. The lowest BCUT2D eigenvalue weighted by molar-refractivity contribution is -0.126. The van der Waals surface area contributed by atoms with Crippen molar-refractivity contribution in [2.75, 3.05) is 19.6 Å². The number of oxazole rings is 1. The van der Waals surface area contributed by atoms with Crippen LogP contribution in [0, 0.1) is 19.8 Å². The molecule has 162 valence electrons. The van der Waals surface area contributed by atoms with Crippen LogP contribution < -0.4 is 11.1 Å². The van der Waals surface area contributed by atoms with Gasteiger partial charge in [-0.1, -0.05) is 30.3 Å². The number of halogens is 2. The Balaban J connectivity index is 0.00000210. The van der Waals surface area contributed by atoms with Crippen LogP contribution in [0.5, 0.6) is 0 Å². The van der Waals surface area contributed by atoms with E-state index >= 15 is 0 Å². The number of amides is 1. The highest BCUT2D eigenvalue weighted by molar-refractivity contribution is 5.87. The van der Waals surface area contributed by atoms with Crippen molar-refractivity contribution in [1.29, 1.82) is 0 Å². The van der Waals surface area contributed by atoms with E-state index in [2.05, 4.69) is 15.2 Å². The van der Waals surface area contributed by atoms with Crippen LogP contribution in [0.15, 0.2) is 34.7 Å². The van der Waals surface area contributed by atoms with Gasteiger partial charge in [0.2, 0.25) is 11.8 Å². The van der Waals surface area contributed by atoms with E-state index in [4.69, 9.17) is 10.2 Å². The maximum atomic E-state index is 12.6. The molecule has 1 aliphatic rings. The molecule has 0 spiro atoms. The zero-order chi connectivity index (χ0) is 19.4. The topological polar surface area (TPSA) is 84.4 Å². The van der Waals surface area contributed by atoms with Crippen molar-refractivity contribution in [2.24, 2.45) is 11.7 Å². The van der Waals surface area contributed by atoms with Crippen LogP contribution in [0.2, 0.25) is 0 Å². The molecule has 1 fully saturated rings. The number of nitrogens with zero attached hydrogens (tertiary/aromatic N) is 2. The van der Waals surface area contributed by atoms with Crippen LogP contribution in [0.4, 0.5) is 0 Å². The van der Waals surface area contributed by atoms with E-state index in [1.807, 2.05) is 44.2 Å². The van der Waals surface area contributed by atoms with E-state index in [1.54, 1.807) is 6.92 Å². The highest BCUT2D eigenvalue weighted by Crippen LogP contribution is 2.21. The molecule has 1 atom stereocenters. The summed E-state index contributed by atoms with van der Waals surface area (Å²) in [4.78, 5) is 19.4. The number of hydrogen-bond donors (Lipinski definition) is 2. The van der Waals surface area contributed by atoms with Gasteiger partial charge in [-0.2, -0.15) is 0 Å². The van der Waals surface area contributed by atoms with Crippen LogP contribution in [0.25, 0.3) is 0 Å². The van der Waals surface area contributed by atoms with Crippen molar-refractivity contribution >= 4 is 30.7 Å². The molecule has 2 aromatic rings. The SMILES string of the molecule is Cc1nc(CN2CCC(CNC(=O)C(C)(N)c3ccccc3)CC2)oc1C.Cl.Cl. The molecule has 0 bridgehead atoms. The first kappa shape index (κ1) is 25.4. The normalized spacial score (nSPS) is 17.0. The Bertz CT molecular complexity index is 753. The summed E-state index contributed by atoms with van der Waals surface area (Å²) in [5, 5.41) is 3.05. The first-order chi connectivity index (χ1) is 12.9. The minimum absolute atomic E-state index is 0. The quantitative estimate of drug-likeness (QED) is 0.716. The van der Waals surface area contributed by atoms with Crippen molar-refractivity contribution in [2.45, 2.75) is 45.7 Å². The summed E-state index contributed by atoms with van der Waals surface area (Å²) in [5.74, 6) is 2.04. The van der Waals surface area contributed by atoms with Gasteiger partial charge in [-0.15, -0.1) is 24.8 Å². The van der Waals surface area contributed by atoms with Crippen molar-refractivity contribution in [3.63, 3.8) is 0 Å². The second-order valence-electron chi connectivity index (χ2n) is 7.75. The third-order valence-electron chi connectivity index (χ3n) is 5.54. The smallest absolute Gasteiger partial charge is 0.244 e. The third-order valence-corrected chi connectivity index (χ3v) is 5.54. The number of piperidine rings is 1. The number of nitrogens with one attached hydrogen (secondary N) is 1. The summed E-state index contributed by atoms with van der Waals surface area (Å²) in [7, 11) is 0. The summed E-state index contributed by atoms with van der Waals surface area (Å²) in [6.07, 6.45) is 2.09. The number of aromatic nitrogens is 1. The molecule has 0 aliphatic carbocycles. The van der Waals surface area contributed by atoms with E-state index in [-0.39, 0.29) is 30.7 Å². The van der Waals surface area contributed by atoms with Crippen molar-refractivity contribution in [3.8, 4) is 0 Å². The Kier molecular flexibility index (Phi) is 9.62. The van der Waals surface area contributed by atoms with Gasteiger partial charge >= 0.3 is 0 Å². The summed E-state index contributed by atoms with van der Waals surface area (Å²) in [6.45, 7) is 9.07. The Labute approximate surface area is 185 Å². The number of benzene rings is 1. The molecule has 1 amide bonds. The zero-order valence-electron chi connectivity index (χ0n) is 17.3. The molecule has 0 saturated carbocycles. The van der Waals surface area contributed by atoms with Crippen molar-refractivity contribution in [1.82, 2.24) is 15.2 Å². The van der Waals surface area contributed by atoms with E-state index in [0.29, 0.717) is 12.5 Å². The molecule has 8 heteroatoms. The number of carbonyl (C=O) groups excluding carboxylic acids is 1. The highest BCUT2D eigenvalue weighted by atomic mass is 35.5. The molecule has 1 aromatic carbocycles. The zero-order valence-corrected chi connectivity index (χ0v) is 18.9. The van der Waals surface area contributed by atoms with E-state index in [0.717, 1.165) is 55.4 Å². The average Bonchev–Trinajstić information content (AvgIpc) is 2.98. The number of hydrogen-bond acceptors (Lipinski definition) is 5. The van der Waals surface area contributed by atoms with Crippen molar-refractivity contribution in [3.05, 3.63) is 53.2 Å². The predicted octanol–water partition coefficient (Wildman–Crippen LogP) is 3.34. The molecule has 1 aromatic heterocycles. The fourth-order valence-corrected chi connectivity index (χ4v) is 3.48. The fourth-order valence-electron chi connectivity index (χ4n) is 3.48. The third kappa shape index (κ3) is 6.44. The lowest BCUT2D eigenvalue weighted by Gasteiger charge is -2.32. The second-order valence-corrected chi connectivity index (χ2v) is 7.75. The van der Waals surface area contributed by atoms with Gasteiger partial charge in [0.1, 0.15) is 11.3 Å². The molecule has 2 heterocycles. The summed E-state index contributed by atoms with van der Waals surface area (Å²) < 4.78 is 5.68. The average molecular weight is 443 g/mol. The summed E-state index contributed by atoms with van der Waals surface area (Å²) in [6, 6.07) is 9.51. The van der Waals surface area contributed by atoms with Gasteiger partial charge in [-0.3, -0.25) is 9.69 Å². The van der Waals surface area contributed by atoms with Gasteiger partial charge in [0, 0.05) is 6.54 Å². The molecule has 1 saturated heterocycles. The maximum absolute atomic E-state index is 12.6. The van der Waals surface area contributed by atoms with Crippen LogP contribution in [0.3, 0.4) is 0 Å². The van der Waals surface area contributed by atoms with E-state index < -0.39 is 5.54 Å². The molecular weight excluding hydrogens is 411 g/mol. The fraction of sp³-hybridized carbons (Fsp3) is 0.524. The van der Waals surface area contributed by atoms with Gasteiger partial charge in [0.15, 0.2) is 0 Å².